The van der Waals surface area contributed by atoms with Crippen LogP contribution in [-0.2, 0) is 0 Å². The van der Waals surface area contributed by atoms with E-state index >= 15 is 0 Å². The van der Waals surface area contributed by atoms with Crippen LogP contribution in [0.25, 0.3) is 0 Å². The predicted octanol–water partition coefficient (Wildman–Crippen LogP) is 4.66. The minimum absolute atomic E-state index is 0.239. The van der Waals surface area contributed by atoms with Crippen molar-refractivity contribution >= 4 is 29.1 Å². The second kappa shape index (κ2) is 7.02. The number of hydrogen-bond donors (Lipinski definition) is 1. The smallest absolute Gasteiger partial charge is 0.266 e. The number of nitrogens with zero attached hydrogens (tertiary/aromatic N) is 1. The average Bonchev–Trinajstić information content (AvgIpc) is 2.92. The van der Waals surface area contributed by atoms with Gasteiger partial charge in [-0.25, -0.2) is 4.90 Å². The van der Waals surface area contributed by atoms with Gasteiger partial charge >= 0.3 is 0 Å². The maximum absolute atomic E-state index is 12.9. The van der Waals surface area contributed by atoms with Crippen LogP contribution in [0.3, 0.4) is 0 Å². The molecule has 0 spiro atoms. The van der Waals surface area contributed by atoms with Crippen LogP contribution in [0.5, 0.6) is 0 Å². The third-order valence-corrected chi connectivity index (χ3v) is 4.92. The summed E-state index contributed by atoms with van der Waals surface area (Å²) in [6, 6.07) is 17.6. The van der Waals surface area contributed by atoms with Gasteiger partial charge in [0.2, 0.25) is 0 Å². The number of rotatable bonds is 3. The number of hydrogen-bond acceptors (Lipinski definition) is 3. The molecule has 0 saturated carbocycles. The molecule has 1 N–H and O–H groups in total. The van der Waals surface area contributed by atoms with Crippen molar-refractivity contribution in [1.29, 1.82) is 0 Å². The van der Waals surface area contributed by atoms with Crippen LogP contribution in [0.1, 0.15) is 47.8 Å². The number of fused-ring (bicyclic) bond motifs is 1. The number of carbonyl (C=O) groups excluding carboxylic acids is 3. The maximum Gasteiger partial charge on any atom is 0.266 e. The Bertz CT molecular complexity index is 1140. The molecular weight excluding hydrogens is 364 g/mol. The van der Waals surface area contributed by atoms with E-state index in [1.807, 2.05) is 51.1 Å². The lowest BCUT2D eigenvalue weighted by Gasteiger charge is -2.13. The normalized spacial score (nSPS) is 12.9. The molecule has 0 fully saturated rings. The van der Waals surface area contributed by atoms with Crippen molar-refractivity contribution < 1.29 is 14.4 Å². The second-order valence-corrected chi connectivity index (χ2v) is 7.37. The molecule has 3 aromatic rings. The Hall–Kier alpha value is -3.73. The average molecular weight is 384 g/mol. The number of nitrogens with one attached hydrogen (secondary N) is 1. The summed E-state index contributed by atoms with van der Waals surface area (Å²) in [6.45, 7) is 5.86. The van der Waals surface area contributed by atoms with Gasteiger partial charge in [-0.2, -0.15) is 0 Å². The van der Waals surface area contributed by atoms with Crippen LogP contribution in [-0.4, -0.2) is 17.7 Å². The molecule has 29 heavy (non-hydrogen) atoms. The first-order valence-corrected chi connectivity index (χ1v) is 9.32. The Labute approximate surface area is 169 Å². The SMILES string of the molecule is Cc1ccc(N2C(=O)c3ccc(C(=O)Nc4cc(C)cc(C)c4)cc3C2=O)cc1. The van der Waals surface area contributed by atoms with Gasteiger partial charge in [-0.1, -0.05) is 23.8 Å². The lowest BCUT2D eigenvalue weighted by molar-refractivity contribution is 0.0925. The summed E-state index contributed by atoms with van der Waals surface area (Å²) in [4.78, 5) is 39.5. The van der Waals surface area contributed by atoms with Crippen LogP contribution >= 0.6 is 0 Å². The third-order valence-electron chi connectivity index (χ3n) is 4.92. The van der Waals surface area contributed by atoms with E-state index in [0.29, 0.717) is 22.5 Å². The number of anilines is 2. The maximum atomic E-state index is 12.9. The molecule has 0 radical (unpaired) electrons. The topological polar surface area (TPSA) is 66.5 Å². The highest BCUT2D eigenvalue weighted by Gasteiger charge is 2.37. The second-order valence-electron chi connectivity index (χ2n) is 7.37. The number of amides is 3. The zero-order chi connectivity index (χ0) is 20.7. The van der Waals surface area contributed by atoms with E-state index in [1.165, 1.54) is 6.07 Å². The molecular formula is C24H20N2O3. The summed E-state index contributed by atoms with van der Waals surface area (Å²) in [5.74, 6) is -1.13. The highest BCUT2D eigenvalue weighted by molar-refractivity contribution is 6.34. The summed E-state index contributed by atoms with van der Waals surface area (Å²) >= 11 is 0. The minimum Gasteiger partial charge on any atom is -0.322 e. The van der Waals surface area contributed by atoms with Crippen molar-refractivity contribution in [3.8, 4) is 0 Å². The Morgan fingerprint density at radius 2 is 1.34 bits per heavy atom. The first-order chi connectivity index (χ1) is 13.8. The van der Waals surface area contributed by atoms with E-state index in [0.717, 1.165) is 21.6 Å². The van der Waals surface area contributed by atoms with E-state index in [2.05, 4.69) is 5.32 Å². The van der Waals surface area contributed by atoms with Crippen molar-refractivity contribution in [3.63, 3.8) is 0 Å². The molecule has 1 heterocycles. The number of carbonyl (C=O) groups is 3. The van der Waals surface area contributed by atoms with Gasteiger partial charge < -0.3 is 5.32 Å². The lowest BCUT2D eigenvalue weighted by atomic mass is 10.0. The van der Waals surface area contributed by atoms with Gasteiger partial charge in [0.25, 0.3) is 17.7 Å². The van der Waals surface area contributed by atoms with Gasteiger partial charge in [-0.3, -0.25) is 14.4 Å². The summed E-state index contributed by atoms with van der Waals surface area (Å²) in [6.07, 6.45) is 0. The van der Waals surface area contributed by atoms with E-state index in [4.69, 9.17) is 0 Å². The van der Waals surface area contributed by atoms with Gasteiger partial charge in [-0.05, 0) is 74.4 Å². The van der Waals surface area contributed by atoms with Crippen LogP contribution < -0.4 is 10.2 Å². The van der Waals surface area contributed by atoms with Crippen LogP contribution in [0.2, 0.25) is 0 Å². The van der Waals surface area contributed by atoms with E-state index < -0.39 is 5.91 Å². The lowest BCUT2D eigenvalue weighted by Crippen LogP contribution is -2.29. The molecule has 3 amide bonds. The molecule has 5 heteroatoms. The largest absolute Gasteiger partial charge is 0.322 e. The molecule has 144 valence electrons. The van der Waals surface area contributed by atoms with Crippen molar-refractivity contribution in [2.45, 2.75) is 20.8 Å². The Morgan fingerprint density at radius 1 is 0.724 bits per heavy atom. The Balaban J connectivity index is 1.63. The van der Waals surface area contributed by atoms with Crippen molar-refractivity contribution in [2.75, 3.05) is 10.2 Å². The Kier molecular flexibility index (Phi) is 4.51. The summed E-state index contributed by atoms with van der Waals surface area (Å²) in [7, 11) is 0. The molecule has 1 aliphatic heterocycles. The monoisotopic (exact) mass is 384 g/mol. The first-order valence-electron chi connectivity index (χ1n) is 9.32. The predicted molar refractivity (Wildman–Crippen MR) is 113 cm³/mol. The number of benzene rings is 3. The first kappa shape index (κ1) is 18.6. The Morgan fingerprint density at radius 3 is 2.00 bits per heavy atom. The quantitative estimate of drug-likeness (QED) is 0.668. The summed E-state index contributed by atoms with van der Waals surface area (Å²) in [5.41, 5.74) is 5.21. The van der Waals surface area contributed by atoms with E-state index in [-0.39, 0.29) is 17.4 Å². The molecule has 5 nitrogen and oxygen atoms in total. The molecule has 4 rings (SSSR count). The zero-order valence-electron chi connectivity index (χ0n) is 16.4. The minimum atomic E-state index is -0.421. The van der Waals surface area contributed by atoms with Gasteiger partial charge in [0, 0.05) is 11.3 Å². The molecule has 1 aliphatic rings. The van der Waals surface area contributed by atoms with Crippen molar-refractivity contribution in [2.24, 2.45) is 0 Å². The summed E-state index contributed by atoms with van der Waals surface area (Å²) < 4.78 is 0. The standard InChI is InChI=1S/C24H20N2O3/c1-14-4-7-19(8-5-14)26-23(28)20-9-6-17(13-21(20)24(26)29)22(27)25-18-11-15(2)10-16(3)12-18/h4-13H,1-3H3,(H,25,27). The molecule has 0 atom stereocenters. The molecule has 3 aromatic carbocycles. The van der Waals surface area contributed by atoms with Crippen LogP contribution in [0.15, 0.2) is 60.7 Å². The van der Waals surface area contributed by atoms with Crippen molar-refractivity contribution in [1.82, 2.24) is 0 Å². The van der Waals surface area contributed by atoms with Crippen LogP contribution in [0.4, 0.5) is 11.4 Å². The van der Waals surface area contributed by atoms with Crippen LogP contribution in [0, 0.1) is 20.8 Å². The molecule has 0 unspecified atom stereocenters. The van der Waals surface area contributed by atoms with E-state index in [9.17, 15) is 14.4 Å². The fraction of sp³-hybridized carbons (Fsp3) is 0.125. The number of aryl methyl sites for hydroxylation is 3. The van der Waals surface area contributed by atoms with Gasteiger partial charge in [0.05, 0.1) is 16.8 Å². The van der Waals surface area contributed by atoms with Gasteiger partial charge in [-0.15, -0.1) is 0 Å². The highest BCUT2D eigenvalue weighted by Crippen LogP contribution is 2.29. The van der Waals surface area contributed by atoms with E-state index in [1.54, 1.807) is 24.3 Å². The summed E-state index contributed by atoms with van der Waals surface area (Å²) in [5, 5.41) is 2.86. The number of imide groups is 1. The molecule has 0 bridgehead atoms. The van der Waals surface area contributed by atoms with Gasteiger partial charge in [0.1, 0.15) is 0 Å². The highest BCUT2D eigenvalue weighted by atomic mass is 16.2. The molecule has 0 saturated heterocycles. The third kappa shape index (κ3) is 3.43. The van der Waals surface area contributed by atoms with Gasteiger partial charge in [0.15, 0.2) is 0 Å². The molecule has 0 aromatic heterocycles. The molecule has 0 aliphatic carbocycles. The van der Waals surface area contributed by atoms with Crippen molar-refractivity contribution in [3.05, 3.63) is 94.0 Å². The fourth-order valence-electron chi connectivity index (χ4n) is 3.56. The zero-order valence-corrected chi connectivity index (χ0v) is 16.4. The fourth-order valence-corrected chi connectivity index (χ4v) is 3.56.